The summed E-state index contributed by atoms with van der Waals surface area (Å²) in [6.45, 7) is 0. The van der Waals surface area contributed by atoms with Gasteiger partial charge in [0.1, 0.15) is 5.92 Å². The number of fused-ring (bicyclic) bond motifs is 1. The van der Waals surface area contributed by atoms with Crippen molar-refractivity contribution in [3.05, 3.63) is 17.5 Å². The lowest BCUT2D eigenvalue weighted by molar-refractivity contribution is -0.141. The topological polar surface area (TPSA) is 63.3 Å². The first-order chi connectivity index (χ1) is 6.73. The molecule has 0 saturated heterocycles. The van der Waals surface area contributed by atoms with E-state index in [4.69, 9.17) is 4.52 Å². The van der Waals surface area contributed by atoms with Crippen LogP contribution >= 0.6 is 0 Å². The van der Waals surface area contributed by atoms with Crippen molar-refractivity contribution in [3.8, 4) is 0 Å². The van der Waals surface area contributed by atoms with E-state index in [1.54, 1.807) is 6.20 Å². The number of nitrogens with zero attached hydrogens (tertiary/aromatic N) is 1. The number of hydrogen-bond donors (Lipinski definition) is 1. The van der Waals surface area contributed by atoms with Gasteiger partial charge in [0, 0.05) is 5.56 Å². The van der Waals surface area contributed by atoms with Gasteiger partial charge in [-0.2, -0.15) is 0 Å². The molecule has 1 aromatic heterocycles. The Morgan fingerprint density at radius 1 is 1.57 bits per heavy atom. The summed E-state index contributed by atoms with van der Waals surface area (Å²) in [6.07, 6.45) is 5.58. The highest BCUT2D eigenvalue weighted by Crippen LogP contribution is 2.61. The molecule has 2 aliphatic carbocycles. The van der Waals surface area contributed by atoms with E-state index in [-0.39, 0.29) is 5.41 Å². The molecule has 14 heavy (non-hydrogen) atoms. The summed E-state index contributed by atoms with van der Waals surface area (Å²) in [5.41, 5.74) is 0.980. The van der Waals surface area contributed by atoms with Crippen LogP contribution in [0.1, 0.15) is 36.5 Å². The number of carboxylic acids is 1. The summed E-state index contributed by atoms with van der Waals surface area (Å²) in [6, 6.07) is 0. The molecule has 1 heterocycles. The quantitative estimate of drug-likeness (QED) is 0.735. The standard InChI is InChI=1S/C10H11NO3/c12-9(13)7-8-6(5-11-14-8)1-2-10(7)3-4-10/h5,7H,1-4H2,(H,12,13). The number of hydrogen-bond acceptors (Lipinski definition) is 3. The number of aryl methyl sites for hydroxylation is 1. The highest BCUT2D eigenvalue weighted by molar-refractivity contribution is 5.78. The summed E-state index contributed by atoms with van der Waals surface area (Å²) < 4.78 is 5.07. The van der Waals surface area contributed by atoms with Gasteiger partial charge in [-0.05, 0) is 31.1 Å². The Hall–Kier alpha value is -1.32. The van der Waals surface area contributed by atoms with Gasteiger partial charge in [-0.15, -0.1) is 0 Å². The molecule has 74 valence electrons. The molecule has 1 N–H and O–H groups in total. The molecule has 1 spiro atoms. The third-order valence-corrected chi connectivity index (χ3v) is 3.58. The Bertz CT molecular complexity index is 392. The van der Waals surface area contributed by atoms with Crippen LogP contribution in [0.2, 0.25) is 0 Å². The summed E-state index contributed by atoms with van der Waals surface area (Å²) in [5.74, 6) is -0.616. The lowest BCUT2D eigenvalue weighted by Gasteiger charge is -2.26. The maximum Gasteiger partial charge on any atom is 0.314 e. The van der Waals surface area contributed by atoms with E-state index >= 15 is 0 Å². The first-order valence-corrected chi connectivity index (χ1v) is 4.89. The van der Waals surface area contributed by atoms with E-state index < -0.39 is 11.9 Å². The van der Waals surface area contributed by atoms with Crippen molar-refractivity contribution in [2.45, 2.75) is 31.6 Å². The van der Waals surface area contributed by atoms with Crippen LogP contribution in [0.15, 0.2) is 10.7 Å². The first-order valence-electron chi connectivity index (χ1n) is 4.89. The number of aromatic nitrogens is 1. The normalized spacial score (nSPS) is 27.3. The van der Waals surface area contributed by atoms with Crippen LogP contribution in [-0.4, -0.2) is 16.2 Å². The van der Waals surface area contributed by atoms with Crippen molar-refractivity contribution < 1.29 is 14.4 Å². The van der Waals surface area contributed by atoms with E-state index in [1.165, 1.54) is 0 Å². The molecule has 1 saturated carbocycles. The number of rotatable bonds is 1. The summed E-state index contributed by atoms with van der Waals surface area (Å²) >= 11 is 0. The molecule has 0 bridgehead atoms. The zero-order valence-electron chi connectivity index (χ0n) is 7.69. The first kappa shape index (κ1) is 8.03. The van der Waals surface area contributed by atoms with Crippen LogP contribution in [-0.2, 0) is 11.2 Å². The molecule has 0 amide bonds. The fraction of sp³-hybridized carbons (Fsp3) is 0.600. The minimum absolute atomic E-state index is 0.00162. The smallest absolute Gasteiger partial charge is 0.314 e. The third kappa shape index (κ3) is 0.882. The lowest BCUT2D eigenvalue weighted by Crippen LogP contribution is -2.27. The van der Waals surface area contributed by atoms with Gasteiger partial charge in [-0.3, -0.25) is 4.79 Å². The van der Waals surface area contributed by atoms with Crippen LogP contribution in [0.25, 0.3) is 0 Å². The van der Waals surface area contributed by atoms with Crippen LogP contribution in [0.4, 0.5) is 0 Å². The van der Waals surface area contributed by atoms with Gasteiger partial charge in [0.25, 0.3) is 0 Å². The fourth-order valence-electron chi connectivity index (χ4n) is 2.57. The molecule has 4 nitrogen and oxygen atoms in total. The van der Waals surface area contributed by atoms with Gasteiger partial charge in [0.2, 0.25) is 0 Å². The Morgan fingerprint density at radius 3 is 3.00 bits per heavy atom. The van der Waals surface area contributed by atoms with E-state index in [9.17, 15) is 9.90 Å². The van der Waals surface area contributed by atoms with Crippen molar-refractivity contribution in [2.75, 3.05) is 0 Å². The molecule has 1 fully saturated rings. The molecule has 2 aliphatic rings. The molecular weight excluding hydrogens is 182 g/mol. The van der Waals surface area contributed by atoms with Crippen molar-refractivity contribution in [2.24, 2.45) is 5.41 Å². The van der Waals surface area contributed by atoms with Crippen molar-refractivity contribution >= 4 is 5.97 Å². The van der Waals surface area contributed by atoms with Crippen LogP contribution in [0.5, 0.6) is 0 Å². The molecule has 1 atom stereocenters. The van der Waals surface area contributed by atoms with E-state index in [0.29, 0.717) is 5.76 Å². The van der Waals surface area contributed by atoms with Crippen molar-refractivity contribution in [1.82, 2.24) is 5.16 Å². The van der Waals surface area contributed by atoms with E-state index in [0.717, 1.165) is 31.2 Å². The molecular formula is C10H11NO3. The average molecular weight is 193 g/mol. The summed E-state index contributed by atoms with van der Waals surface area (Å²) in [5, 5.41) is 12.9. The molecule has 0 radical (unpaired) electrons. The average Bonchev–Trinajstić information content (AvgIpc) is 2.75. The number of carbonyl (C=O) groups is 1. The molecule has 4 heteroatoms. The van der Waals surface area contributed by atoms with E-state index in [1.807, 2.05) is 0 Å². The second-order valence-electron chi connectivity index (χ2n) is 4.35. The Morgan fingerprint density at radius 2 is 2.36 bits per heavy atom. The highest BCUT2D eigenvalue weighted by atomic mass is 16.5. The van der Waals surface area contributed by atoms with Crippen molar-refractivity contribution in [1.29, 1.82) is 0 Å². The van der Waals surface area contributed by atoms with Gasteiger partial charge >= 0.3 is 5.97 Å². The van der Waals surface area contributed by atoms with Gasteiger partial charge < -0.3 is 9.63 Å². The third-order valence-electron chi connectivity index (χ3n) is 3.58. The number of carboxylic acid groups (broad SMARTS) is 1. The molecule has 1 unspecified atom stereocenters. The van der Waals surface area contributed by atoms with Gasteiger partial charge in [-0.1, -0.05) is 5.16 Å². The van der Waals surface area contributed by atoms with Gasteiger partial charge in [0.05, 0.1) is 6.20 Å². The van der Waals surface area contributed by atoms with Crippen molar-refractivity contribution in [3.63, 3.8) is 0 Å². The zero-order chi connectivity index (χ0) is 9.76. The Balaban J connectivity index is 2.10. The molecule has 0 aromatic carbocycles. The number of aliphatic carboxylic acids is 1. The fourth-order valence-corrected chi connectivity index (χ4v) is 2.57. The minimum atomic E-state index is -0.764. The van der Waals surface area contributed by atoms with Crippen LogP contribution < -0.4 is 0 Å². The minimum Gasteiger partial charge on any atom is -0.481 e. The summed E-state index contributed by atoms with van der Waals surface area (Å²) in [7, 11) is 0. The molecule has 0 aliphatic heterocycles. The molecule has 3 rings (SSSR count). The van der Waals surface area contributed by atoms with Gasteiger partial charge in [-0.25, -0.2) is 0 Å². The maximum absolute atomic E-state index is 11.2. The monoisotopic (exact) mass is 193 g/mol. The van der Waals surface area contributed by atoms with Crippen LogP contribution in [0, 0.1) is 5.41 Å². The zero-order valence-corrected chi connectivity index (χ0v) is 7.69. The summed E-state index contributed by atoms with van der Waals surface area (Å²) in [4.78, 5) is 11.2. The van der Waals surface area contributed by atoms with Crippen LogP contribution in [0.3, 0.4) is 0 Å². The Kier molecular flexibility index (Phi) is 1.36. The predicted octanol–water partition coefficient (Wildman–Crippen LogP) is 1.57. The van der Waals surface area contributed by atoms with E-state index in [2.05, 4.69) is 5.16 Å². The maximum atomic E-state index is 11.2. The Labute approximate surface area is 80.9 Å². The molecule has 1 aromatic rings. The lowest BCUT2D eigenvalue weighted by atomic mass is 9.76. The largest absolute Gasteiger partial charge is 0.481 e. The predicted molar refractivity (Wildman–Crippen MR) is 46.9 cm³/mol. The highest BCUT2D eigenvalue weighted by Gasteiger charge is 2.57. The van der Waals surface area contributed by atoms with Gasteiger partial charge in [0.15, 0.2) is 5.76 Å². The SMILES string of the molecule is O=C(O)C1c2oncc2CCC12CC2. The second kappa shape index (κ2) is 2.38. The second-order valence-corrected chi connectivity index (χ2v) is 4.35.